The van der Waals surface area contributed by atoms with Gasteiger partial charge in [-0.25, -0.2) is 4.98 Å². The highest BCUT2D eigenvalue weighted by molar-refractivity contribution is 7.15. The van der Waals surface area contributed by atoms with Gasteiger partial charge < -0.3 is 10.4 Å². The van der Waals surface area contributed by atoms with Crippen LogP contribution in [-0.4, -0.2) is 10.1 Å². The van der Waals surface area contributed by atoms with Crippen molar-refractivity contribution in [3.8, 4) is 5.75 Å². The maximum Gasteiger partial charge on any atom is 0.187 e. The van der Waals surface area contributed by atoms with E-state index >= 15 is 0 Å². The van der Waals surface area contributed by atoms with E-state index in [2.05, 4.69) is 72.8 Å². The van der Waals surface area contributed by atoms with Crippen LogP contribution in [0.1, 0.15) is 89.4 Å². The first-order valence-electron chi connectivity index (χ1n) is 10.0. The standard InChI is InChI=1S/C23H36N2OS/c1-9-10-11-12-19-15(2)27-21(25-19)24-16-13-17(22(3,4)5)20(26)18(14-16)23(6,7)8/h13-14,26H,9-12H2,1-8H3,(H,24,25). The molecule has 0 aliphatic rings. The van der Waals surface area contributed by atoms with Gasteiger partial charge in [0.1, 0.15) is 5.75 Å². The number of aromatic nitrogens is 1. The maximum atomic E-state index is 10.9. The highest BCUT2D eigenvalue weighted by atomic mass is 32.1. The number of hydrogen-bond acceptors (Lipinski definition) is 4. The predicted molar refractivity (Wildman–Crippen MR) is 119 cm³/mol. The van der Waals surface area contributed by atoms with Gasteiger partial charge >= 0.3 is 0 Å². The number of anilines is 2. The quantitative estimate of drug-likeness (QED) is 0.405. The fourth-order valence-corrected chi connectivity index (χ4v) is 4.11. The minimum absolute atomic E-state index is 0.133. The summed E-state index contributed by atoms with van der Waals surface area (Å²) in [7, 11) is 0. The van der Waals surface area contributed by atoms with Crippen LogP contribution in [0.3, 0.4) is 0 Å². The van der Waals surface area contributed by atoms with Crippen molar-refractivity contribution in [1.29, 1.82) is 0 Å². The summed E-state index contributed by atoms with van der Waals surface area (Å²) < 4.78 is 0. The Morgan fingerprint density at radius 3 is 2.04 bits per heavy atom. The fourth-order valence-electron chi connectivity index (χ4n) is 3.23. The molecule has 1 heterocycles. The Bertz CT molecular complexity index is 744. The van der Waals surface area contributed by atoms with Crippen LogP contribution in [-0.2, 0) is 17.3 Å². The summed E-state index contributed by atoms with van der Waals surface area (Å²) in [5.41, 5.74) is 3.87. The van der Waals surface area contributed by atoms with Crippen molar-refractivity contribution in [2.45, 2.75) is 91.9 Å². The van der Waals surface area contributed by atoms with E-state index in [4.69, 9.17) is 4.98 Å². The summed E-state index contributed by atoms with van der Waals surface area (Å²) in [6.07, 6.45) is 4.73. The van der Waals surface area contributed by atoms with Gasteiger partial charge in [0.25, 0.3) is 0 Å². The first-order chi connectivity index (χ1) is 12.4. The van der Waals surface area contributed by atoms with Crippen LogP contribution < -0.4 is 5.32 Å². The summed E-state index contributed by atoms with van der Waals surface area (Å²) in [6, 6.07) is 4.14. The van der Waals surface area contributed by atoms with Crippen molar-refractivity contribution in [1.82, 2.24) is 4.98 Å². The van der Waals surface area contributed by atoms with Gasteiger partial charge in [-0.1, -0.05) is 61.3 Å². The lowest BCUT2D eigenvalue weighted by molar-refractivity contribution is 0.423. The van der Waals surface area contributed by atoms with Crippen LogP contribution in [0.15, 0.2) is 12.1 Å². The summed E-state index contributed by atoms with van der Waals surface area (Å²) in [6.45, 7) is 17.2. The molecular weight excluding hydrogens is 352 g/mol. The molecule has 0 saturated heterocycles. The summed E-state index contributed by atoms with van der Waals surface area (Å²) >= 11 is 1.71. The van der Waals surface area contributed by atoms with Gasteiger partial charge in [0.05, 0.1) is 5.69 Å². The smallest absolute Gasteiger partial charge is 0.187 e. The van der Waals surface area contributed by atoms with Crippen molar-refractivity contribution in [2.75, 3.05) is 5.32 Å². The highest BCUT2D eigenvalue weighted by Gasteiger charge is 2.26. The first-order valence-corrected chi connectivity index (χ1v) is 10.9. The second-order valence-electron chi connectivity index (χ2n) is 9.52. The Hall–Kier alpha value is -1.55. The number of nitrogens with zero attached hydrogens (tertiary/aromatic N) is 1. The maximum absolute atomic E-state index is 10.9. The average Bonchev–Trinajstić information content (AvgIpc) is 2.86. The van der Waals surface area contributed by atoms with Crippen molar-refractivity contribution < 1.29 is 5.11 Å². The van der Waals surface area contributed by atoms with Crippen LogP contribution in [0.5, 0.6) is 5.75 Å². The molecule has 150 valence electrons. The number of phenols is 1. The molecule has 0 aliphatic carbocycles. The molecule has 0 amide bonds. The highest BCUT2D eigenvalue weighted by Crippen LogP contribution is 2.41. The largest absolute Gasteiger partial charge is 0.507 e. The van der Waals surface area contributed by atoms with Gasteiger partial charge in [-0.3, -0.25) is 0 Å². The van der Waals surface area contributed by atoms with Gasteiger partial charge in [-0.15, -0.1) is 11.3 Å². The number of rotatable bonds is 6. The van der Waals surface area contributed by atoms with E-state index in [0.717, 1.165) is 28.4 Å². The molecule has 3 nitrogen and oxygen atoms in total. The van der Waals surface area contributed by atoms with E-state index in [1.165, 1.54) is 29.8 Å². The molecule has 2 rings (SSSR count). The van der Waals surface area contributed by atoms with E-state index in [9.17, 15) is 5.11 Å². The average molecular weight is 389 g/mol. The molecule has 0 unspecified atom stereocenters. The Balaban J connectivity index is 2.37. The first kappa shape index (κ1) is 21.7. The monoisotopic (exact) mass is 388 g/mol. The van der Waals surface area contributed by atoms with Crippen LogP contribution in [0.4, 0.5) is 10.8 Å². The second kappa shape index (κ2) is 8.22. The minimum atomic E-state index is -0.133. The Labute approximate surface area is 169 Å². The van der Waals surface area contributed by atoms with Crippen molar-refractivity contribution in [2.24, 2.45) is 0 Å². The van der Waals surface area contributed by atoms with E-state index < -0.39 is 0 Å². The molecule has 0 fully saturated rings. The van der Waals surface area contributed by atoms with E-state index in [-0.39, 0.29) is 10.8 Å². The number of aryl methyl sites for hydroxylation is 2. The molecule has 0 radical (unpaired) electrons. The minimum Gasteiger partial charge on any atom is -0.507 e. The number of hydrogen-bond donors (Lipinski definition) is 2. The van der Waals surface area contributed by atoms with E-state index in [1.807, 2.05) is 0 Å². The summed E-state index contributed by atoms with van der Waals surface area (Å²) in [5, 5.41) is 15.3. The Kier molecular flexibility index (Phi) is 6.62. The van der Waals surface area contributed by atoms with Gasteiger partial charge in [0, 0.05) is 21.7 Å². The molecule has 0 saturated carbocycles. The van der Waals surface area contributed by atoms with Gasteiger partial charge in [-0.2, -0.15) is 0 Å². The Morgan fingerprint density at radius 2 is 1.56 bits per heavy atom. The van der Waals surface area contributed by atoms with Gasteiger partial charge in [0.15, 0.2) is 5.13 Å². The second-order valence-corrected chi connectivity index (χ2v) is 10.7. The van der Waals surface area contributed by atoms with Gasteiger partial charge in [0.2, 0.25) is 0 Å². The van der Waals surface area contributed by atoms with Crippen LogP contribution in [0.2, 0.25) is 0 Å². The van der Waals surface area contributed by atoms with Crippen LogP contribution in [0, 0.1) is 6.92 Å². The number of nitrogens with one attached hydrogen (secondary N) is 1. The lowest BCUT2D eigenvalue weighted by atomic mass is 9.79. The zero-order valence-corrected chi connectivity index (χ0v) is 19.1. The zero-order valence-electron chi connectivity index (χ0n) is 18.3. The molecule has 0 spiro atoms. The van der Waals surface area contributed by atoms with Crippen LogP contribution >= 0.6 is 11.3 Å². The SMILES string of the molecule is CCCCCc1nc(Nc2cc(C(C)(C)C)c(O)c(C(C)(C)C)c2)sc1C. The van der Waals surface area contributed by atoms with Crippen LogP contribution in [0.25, 0.3) is 0 Å². The summed E-state index contributed by atoms with van der Waals surface area (Å²) in [4.78, 5) is 6.12. The molecule has 4 heteroatoms. The number of aromatic hydroxyl groups is 1. The molecular formula is C23H36N2OS. The molecule has 0 aliphatic heterocycles. The fraction of sp³-hybridized carbons (Fsp3) is 0.609. The van der Waals surface area contributed by atoms with Crippen molar-refractivity contribution in [3.05, 3.63) is 33.8 Å². The third-order valence-electron chi connectivity index (χ3n) is 4.89. The van der Waals surface area contributed by atoms with Gasteiger partial charge in [-0.05, 0) is 42.7 Å². The predicted octanol–water partition coefficient (Wildman–Crippen LogP) is 7.23. The zero-order chi connectivity index (χ0) is 20.4. The third kappa shape index (κ3) is 5.47. The molecule has 0 atom stereocenters. The number of unbranched alkanes of at least 4 members (excludes halogenated alkanes) is 2. The molecule has 1 aromatic heterocycles. The summed E-state index contributed by atoms with van der Waals surface area (Å²) in [5.74, 6) is 0.413. The van der Waals surface area contributed by atoms with E-state index in [0.29, 0.717) is 5.75 Å². The molecule has 2 aromatic rings. The molecule has 0 bridgehead atoms. The normalized spacial score (nSPS) is 12.4. The topological polar surface area (TPSA) is 45.2 Å². The lowest BCUT2D eigenvalue weighted by Crippen LogP contribution is -2.17. The number of thiazole rings is 1. The molecule has 1 aromatic carbocycles. The lowest BCUT2D eigenvalue weighted by Gasteiger charge is -2.28. The van der Waals surface area contributed by atoms with E-state index in [1.54, 1.807) is 11.3 Å². The third-order valence-corrected chi connectivity index (χ3v) is 5.82. The van der Waals surface area contributed by atoms with Crippen molar-refractivity contribution in [3.63, 3.8) is 0 Å². The number of benzene rings is 1. The van der Waals surface area contributed by atoms with Crippen molar-refractivity contribution >= 4 is 22.2 Å². The Morgan fingerprint density at radius 1 is 1.00 bits per heavy atom. The number of phenolic OH excluding ortho intramolecular Hbond substituents is 1. The molecule has 2 N–H and O–H groups in total. The molecule has 27 heavy (non-hydrogen) atoms.